The monoisotopic (exact) mass is 276 g/mol. The van der Waals surface area contributed by atoms with E-state index >= 15 is 0 Å². The van der Waals surface area contributed by atoms with Gasteiger partial charge in [0.05, 0.1) is 0 Å². The fourth-order valence-electron chi connectivity index (χ4n) is 2.42. The second-order valence-electron chi connectivity index (χ2n) is 4.74. The van der Waals surface area contributed by atoms with Crippen LogP contribution in [-0.2, 0) is 39.1 Å². The maximum atomic E-state index is 3.08. The van der Waals surface area contributed by atoms with Gasteiger partial charge in [0.2, 0.25) is 0 Å². The van der Waals surface area contributed by atoms with Crippen molar-refractivity contribution in [2.75, 3.05) is 0 Å². The topological polar surface area (TPSA) is 0 Å². The van der Waals surface area contributed by atoms with Gasteiger partial charge in [-0.25, -0.2) is 0 Å². The number of hydrogen-bond donors (Lipinski definition) is 0. The first-order valence-corrected chi connectivity index (χ1v) is 5.79. The largest absolute Gasteiger partial charge is 0.184 e. The second kappa shape index (κ2) is 6.81. The Labute approximate surface area is 119 Å². The number of hydrogen-bond acceptors (Lipinski definition) is 0. The Bertz CT molecular complexity index is 260. The standard InChI is InChI=1S/C14H19.Y/c1-12-7-9-14(10-8-12)11-13-5-3-2-4-6-13;/h3-6,12,14H,7-11H2,1H3;/q-1;. The van der Waals surface area contributed by atoms with Crippen molar-refractivity contribution in [1.29, 1.82) is 0 Å². The average Bonchev–Trinajstić information content (AvgIpc) is 2.23. The fourth-order valence-corrected chi connectivity index (χ4v) is 2.42. The molecule has 0 amide bonds. The Balaban J connectivity index is 0.00000112. The van der Waals surface area contributed by atoms with E-state index in [4.69, 9.17) is 0 Å². The molecule has 0 bridgehead atoms. The zero-order valence-corrected chi connectivity index (χ0v) is 12.4. The van der Waals surface area contributed by atoms with Gasteiger partial charge in [-0.15, -0.1) is 0 Å². The van der Waals surface area contributed by atoms with Crippen LogP contribution in [0.3, 0.4) is 0 Å². The predicted octanol–water partition coefficient (Wildman–Crippen LogP) is 3.85. The first kappa shape index (κ1) is 13.4. The molecule has 0 atom stereocenters. The van der Waals surface area contributed by atoms with Gasteiger partial charge < -0.3 is 0 Å². The number of rotatable bonds is 2. The number of benzene rings is 1. The molecule has 1 heteroatoms. The molecule has 0 aliphatic heterocycles. The van der Waals surface area contributed by atoms with Crippen LogP contribution in [0, 0.1) is 17.9 Å². The van der Waals surface area contributed by atoms with Gasteiger partial charge in [-0.3, -0.25) is 0 Å². The van der Waals surface area contributed by atoms with Crippen molar-refractivity contribution in [1.82, 2.24) is 0 Å². The fraction of sp³-hybridized carbons (Fsp3) is 0.571. The van der Waals surface area contributed by atoms with Gasteiger partial charge in [-0.2, -0.15) is 35.9 Å². The van der Waals surface area contributed by atoms with Crippen molar-refractivity contribution in [3.63, 3.8) is 0 Å². The molecule has 0 heterocycles. The molecule has 1 aromatic rings. The minimum absolute atomic E-state index is 0. The molecule has 1 aliphatic carbocycles. The molecule has 1 aliphatic rings. The Hall–Kier alpha value is 0.324. The first-order valence-electron chi connectivity index (χ1n) is 5.79. The van der Waals surface area contributed by atoms with Crippen molar-refractivity contribution >= 4 is 0 Å². The predicted molar refractivity (Wildman–Crippen MR) is 60.1 cm³/mol. The van der Waals surface area contributed by atoms with Gasteiger partial charge in [0.15, 0.2) is 0 Å². The van der Waals surface area contributed by atoms with E-state index in [9.17, 15) is 0 Å². The van der Waals surface area contributed by atoms with Crippen molar-refractivity contribution in [2.45, 2.75) is 39.0 Å². The van der Waals surface area contributed by atoms with Gasteiger partial charge in [-0.1, -0.05) is 19.8 Å². The molecule has 79 valence electrons. The van der Waals surface area contributed by atoms with E-state index in [1.165, 1.54) is 37.7 Å². The smallest absolute Gasteiger partial charge is 0 e. The zero-order valence-electron chi connectivity index (χ0n) is 9.58. The Kier molecular flexibility index (Phi) is 6.08. The molecule has 15 heavy (non-hydrogen) atoms. The summed E-state index contributed by atoms with van der Waals surface area (Å²) in [5.74, 6) is 1.91. The van der Waals surface area contributed by atoms with Crippen LogP contribution >= 0.6 is 0 Å². The van der Waals surface area contributed by atoms with Crippen LogP contribution < -0.4 is 0 Å². The summed E-state index contributed by atoms with van der Waals surface area (Å²) in [5, 5.41) is 0. The first-order chi connectivity index (χ1) is 6.84. The van der Waals surface area contributed by atoms with E-state index in [2.05, 4.69) is 25.1 Å². The molecule has 0 nitrogen and oxygen atoms in total. The summed E-state index contributed by atoms with van der Waals surface area (Å²) in [6.45, 7) is 2.38. The zero-order chi connectivity index (χ0) is 9.80. The summed E-state index contributed by atoms with van der Waals surface area (Å²) in [5.41, 5.74) is 1.49. The normalized spacial score (nSPS) is 25.7. The van der Waals surface area contributed by atoms with Crippen molar-refractivity contribution in [3.8, 4) is 0 Å². The maximum absolute atomic E-state index is 3.08. The molecular weight excluding hydrogens is 257 g/mol. The van der Waals surface area contributed by atoms with Crippen LogP contribution in [0.1, 0.15) is 38.2 Å². The summed E-state index contributed by atoms with van der Waals surface area (Å²) in [6.07, 6.45) is 7.01. The molecular formula is C14H19Y-. The third-order valence-corrected chi connectivity index (χ3v) is 3.45. The van der Waals surface area contributed by atoms with E-state index in [0.29, 0.717) is 0 Å². The van der Waals surface area contributed by atoms with E-state index in [1.807, 2.05) is 12.1 Å². The van der Waals surface area contributed by atoms with Crippen LogP contribution in [-0.4, -0.2) is 0 Å². The SMILES string of the molecule is CC1CCC(Cc2cc[c-]cc2)CC1.[Y]. The van der Waals surface area contributed by atoms with E-state index in [1.54, 1.807) is 0 Å². The summed E-state index contributed by atoms with van der Waals surface area (Å²) in [4.78, 5) is 0. The molecule has 1 radical (unpaired) electrons. The van der Waals surface area contributed by atoms with Crippen LogP contribution in [0.5, 0.6) is 0 Å². The van der Waals surface area contributed by atoms with Crippen molar-refractivity contribution in [3.05, 3.63) is 35.9 Å². The maximum Gasteiger partial charge on any atom is 0 e. The van der Waals surface area contributed by atoms with E-state index in [0.717, 1.165) is 11.8 Å². The van der Waals surface area contributed by atoms with Gasteiger partial charge in [0.25, 0.3) is 0 Å². The average molecular weight is 276 g/mol. The quantitative estimate of drug-likeness (QED) is 0.720. The van der Waals surface area contributed by atoms with Crippen molar-refractivity contribution < 1.29 is 32.7 Å². The summed E-state index contributed by atoms with van der Waals surface area (Å²) in [7, 11) is 0. The van der Waals surface area contributed by atoms with Gasteiger partial charge in [0.1, 0.15) is 0 Å². The third-order valence-electron chi connectivity index (χ3n) is 3.45. The van der Waals surface area contributed by atoms with Crippen LogP contribution in [0.15, 0.2) is 24.3 Å². The molecule has 1 fully saturated rings. The molecule has 0 saturated heterocycles. The molecule has 2 rings (SSSR count). The van der Waals surface area contributed by atoms with Crippen molar-refractivity contribution in [2.24, 2.45) is 11.8 Å². The van der Waals surface area contributed by atoms with Gasteiger partial charge in [0, 0.05) is 32.7 Å². The van der Waals surface area contributed by atoms with Crippen LogP contribution in [0.25, 0.3) is 0 Å². The Morgan fingerprint density at radius 2 is 1.73 bits per heavy atom. The van der Waals surface area contributed by atoms with E-state index in [-0.39, 0.29) is 32.7 Å². The molecule has 1 aromatic carbocycles. The Morgan fingerprint density at radius 1 is 1.13 bits per heavy atom. The van der Waals surface area contributed by atoms with Gasteiger partial charge >= 0.3 is 0 Å². The molecule has 0 spiro atoms. The van der Waals surface area contributed by atoms with E-state index < -0.39 is 0 Å². The minimum Gasteiger partial charge on any atom is -0.184 e. The van der Waals surface area contributed by atoms with Crippen LogP contribution in [0.2, 0.25) is 0 Å². The Morgan fingerprint density at radius 3 is 2.33 bits per heavy atom. The van der Waals surface area contributed by atoms with Gasteiger partial charge in [-0.05, 0) is 31.1 Å². The molecule has 0 N–H and O–H groups in total. The molecule has 0 aromatic heterocycles. The third kappa shape index (κ3) is 4.37. The van der Waals surface area contributed by atoms with Crippen LogP contribution in [0.4, 0.5) is 0 Å². The molecule has 0 unspecified atom stereocenters. The summed E-state index contributed by atoms with van der Waals surface area (Å²) in [6, 6.07) is 11.5. The summed E-state index contributed by atoms with van der Waals surface area (Å²) >= 11 is 0. The minimum atomic E-state index is 0. The summed E-state index contributed by atoms with van der Waals surface area (Å²) < 4.78 is 0. The second-order valence-corrected chi connectivity index (χ2v) is 4.74. The molecule has 1 saturated carbocycles.